The standard InChI is InChI=1S/C31H43N5O3/c1-9-14-36-19-30(4,5)18-35(17-26(36)37)16-23-15-22(11-10-20(23)2)27(31(6,7)29(38)39)24-12-13-25-28(21(24)3)32-33-34(25)8/h10-13,15,27H,9,14,16-19H2,1-8H3,(H,38,39)/t27-/m0/s1. The summed E-state index contributed by atoms with van der Waals surface area (Å²) in [5.41, 5.74) is 5.68. The van der Waals surface area contributed by atoms with Gasteiger partial charge in [-0.3, -0.25) is 14.5 Å². The van der Waals surface area contributed by atoms with Crippen LogP contribution in [0.25, 0.3) is 11.0 Å². The van der Waals surface area contributed by atoms with E-state index in [1.165, 1.54) is 0 Å². The summed E-state index contributed by atoms with van der Waals surface area (Å²) in [7, 11) is 1.86. The van der Waals surface area contributed by atoms with Crippen LogP contribution in [0.1, 0.15) is 74.8 Å². The van der Waals surface area contributed by atoms with Crippen molar-refractivity contribution >= 4 is 22.9 Å². The van der Waals surface area contributed by atoms with Crippen LogP contribution in [0.5, 0.6) is 0 Å². The second-order valence-corrected chi connectivity index (χ2v) is 12.6. The molecule has 39 heavy (non-hydrogen) atoms. The number of carboxylic acids is 1. The van der Waals surface area contributed by atoms with Crippen LogP contribution in [0.15, 0.2) is 30.3 Å². The van der Waals surface area contributed by atoms with Crippen LogP contribution in [0.2, 0.25) is 0 Å². The van der Waals surface area contributed by atoms with Crippen molar-refractivity contribution in [1.82, 2.24) is 24.8 Å². The highest BCUT2D eigenvalue weighted by Crippen LogP contribution is 2.44. The summed E-state index contributed by atoms with van der Waals surface area (Å²) < 4.78 is 1.74. The zero-order chi connectivity index (χ0) is 28.7. The molecule has 0 spiro atoms. The number of carbonyl (C=O) groups is 2. The van der Waals surface area contributed by atoms with Gasteiger partial charge in [0, 0.05) is 39.1 Å². The van der Waals surface area contributed by atoms with E-state index >= 15 is 0 Å². The molecule has 1 fully saturated rings. The van der Waals surface area contributed by atoms with Crippen LogP contribution < -0.4 is 0 Å². The highest BCUT2D eigenvalue weighted by Gasteiger charge is 2.40. The highest BCUT2D eigenvalue weighted by atomic mass is 16.4. The second-order valence-electron chi connectivity index (χ2n) is 12.6. The van der Waals surface area contributed by atoms with Crippen LogP contribution in [0, 0.1) is 24.7 Å². The van der Waals surface area contributed by atoms with Gasteiger partial charge in [0.05, 0.1) is 17.5 Å². The normalized spacial score (nSPS) is 17.4. The first-order valence-corrected chi connectivity index (χ1v) is 13.9. The average Bonchev–Trinajstić information content (AvgIpc) is 3.18. The lowest BCUT2D eigenvalue weighted by Gasteiger charge is -2.33. The number of rotatable bonds is 8. The smallest absolute Gasteiger partial charge is 0.310 e. The van der Waals surface area contributed by atoms with Crippen molar-refractivity contribution in [2.24, 2.45) is 17.9 Å². The largest absolute Gasteiger partial charge is 0.481 e. The van der Waals surface area contributed by atoms with Crippen molar-refractivity contribution in [3.8, 4) is 0 Å². The number of aromatic nitrogens is 3. The molecule has 1 aliphatic rings. The topological polar surface area (TPSA) is 91.6 Å². The molecule has 1 atom stereocenters. The summed E-state index contributed by atoms with van der Waals surface area (Å²) in [6, 6.07) is 10.3. The van der Waals surface area contributed by atoms with E-state index < -0.39 is 17.3 Å². The number of benzene rings is 2. The van der Waals surface area contributed by atoms with E-state index in [1.807, 2.05) is 31.0 Å². The van der Waals surface area contributed by atoms with Gasteiger partial charge < -0.3 is 10.0 Å². The van der Waals surface area contributed by atoms with E-state index in [-0.39, 0.29) is 11.3 Å². The van der Waals surface area contributed by atoms with Gasteiger partial charge in [-0.25, -0.2) is 4.68 Å². The molecule has 1 N–H and O–H groups in total. The first kappa shape index (κ1) is 28.7. The maximum atomic E-state index is 13.1. The van der Waals surface area contributed by atoms with Crippen LogP contribution in [-0.4, -0.2) is 68.0 Å². The number of nitrogens with zero attached hydrogens (tertiary/aromatic N) is 5. The molecule has 0 saturated carbocycles. The maximum absolute atomic E-state index is 13.1. The number of fused-ring (bicyclic) bond motifs is 1. The Kier molecular flexibility index (Phi) is 7.90. The van der Waals surface area contributed by atoms with Gasteiger partial charge in [-0.2, -0.15) is 0 Å². The van der Waals surface area contributed by atoms with Crippen molar-refractivity contribution in [2.75, 3.05) is 26.2 Å². The van der Waals surface area contributed by atoms with E-state index in [0.717, 1.165) is 64.9 Å². The lowest BCUT2D eigenvalue weighted by atomic mass is 9.69. The molecular formula is C31H43N5O3. The van der Waals surface area contributed by atoms with Gasteiger partial charge in [-0.1, -0.05) is 50.3 Å². The minimum absolute atomic E-state index is 0.0239. The number of amides is 1. The predicted molar refractivity (Wildman–Crippen MR) is 154 cm³/mol. The van der Waals surface area contributed by atoms with Gasteiger partial charge in [0.15, 0.2) is 0 Å². The molecule has 1 aromatic heterocycles. The fraction of sp³-hybridized carbons (Fsp3) is 0.548. The molecule has 1 saturated heterocycles. The fourth-order valence-electron chi connectivity index (χ4n) is 6.15. The average molecular weight is 534 g/mol. The number of aryl methyl sites for hydroxylation is 3. The second kappa shape index (κ2) is 10.7. The third-order valence-corrected chi connectivity index (χ3v) is 8.24. The van der Waals surface area contributed by atoms with E-state index in [0.29, 0.717) is 13.1 Å². The summed E-state index contributed by atoms with van der Waals surface area (Å²) in [5, 5.41) is 18.9. The number of carbonyl (C=O) groups excluding carboxylic acids is 1. The molecule has 1 aliphatic heterocycles. The summed E-state index contributed by atoms with van der Waals surface area (Å²) in [6.45, 7) is 17.6. The first-order chi connectivity index (χ1) is 18.2. The Morgan fingerprint density at radius 3 is 2.54 bits per heavy atom. The van der Waals surface area contributed by atoms with E-state index in [4.69, 9.17) is 0 Å². The van der Waals surface area contributed by atoms with Crippen molar-refractivity contribution < 1.29 is 14.7 Å². The Morgan fingerprint density at radius 1 is 1.15 bits per heavy atom. The molecular weight excluding hydrogens is 490 g/mol. The van der Waals surface area contributed by atoms with Crippen LogP contribution >= 0.6 is 0 Å². The lowest BCUT2D eigenvalue weighted by Crippen LogP contribution is -2.38. The quantitative estimate of drug-likeness (QED) is 0.443. The van der Waals surface area contributed by atoms with Gasteiger partial charge in [0.25, 0.3) is 0 Å². The summed E-state index contributed by atoms with van der Waals surface area (Å²) in [4.78, 5) is 29.9. The van der Waals surface area contributed by atoms with E-state index in [9.17, 15) is 14.7 Å². The predicted octanol–water partition coefficient (Wildman–Crippen LogP) is 4.91. The molecule has 0 aliphatic carbocycles. The van der Waals surface area contributed by atoms with Gasteiger partial charge in [-0.05, 0) is 73.4 Å². The number of hydrogen-bond acceptors (Lipinski definition) is 5. The fourth-order valence-corrected chi connectivity index (χ4v) is 6.15. The van der Waals surface area contributed by atoms with Gasteiger partial charge in [-0.15, -0.1) is 5.10 Å². The Balaban J connectivity index is 1.76. The van der Waals surface area contributed by atoms with Crippen molar-refractivity contribution in [3.05, 3.63) is 58.1 Å². The Morgan fingerprint density at radius 2 is 1.87 bits per heavy atom. The number of hydrogen-bond donors (Lipinski definition) is 1. The first-order valence-electron chi connectivity index (χ1n) is 13.9. The summed E-state index contributed by atoms with van der Waals surface area (Å²) >= 11 is 0. The molecule has 4 rings (SSSR count). The lowest BCUT2D eigenvalue weighted by molar-refractivity contribution is -0.147. The van der Waals surface area contributed by atoms with Gasteiger partial charge >= 0.3 is 5.97 Å². The molecule has 8 heteroatoms. The minimum atomic E-state index is -1.08. The Labute approximate surface area is 232 Å². The Bertz CT molecular complexity index is 1390. The van der Waals surface area contributed by atoms with Crippen LogP contribution in [-0.2, 0) is 23.2 Å². The van der Waals surface area contributed by atoms with Gasteiger partial charge in [0.1, 0.15) is 5.52 Å². The molecule has 0 unspecified atom stereocenters. The highest BCUT2D eigenvalue weighted by molar-refractivity contribution is 5.82. The number of carboxylic acid groups (broad SMARTS) is 1. The van der Waals surface area contributed by atoms with E-state index in [2.05, 4.69) is 61.1 Å². The maximum Gasteiger partial charge on any atom is 0.310 e. The van der Waals surface area contributed by atoms with Crippen LogP contribution in [0.4, 0.5) is 0 Å². The minimum Gasteiger partial charge on any atom is -0.481 e. The third-order valence-electron chi connectivity index (χ3n) is 8.24. The van der Waals surface area contributed by atoms with Crippen molar-refractivity contribution in [2.45, 2.75) is 67.3 Å². The molecule has 0 bridgehead atoms. The number of aliphatic carboxylic acids is 1. The Hall–Kier alpha value is -3.26. The van der Waals surface area contributed by atoms with Gasteiger partial charge in [0.2, 0.25) is 5.91 Å². The zero-order valence-electron chi connectivity index (χ0n) is 24.7. The molecule has 1 amide bonds. The molecule has 3 aromatic rings. The monoisotopic (exact) mass is 533 g/mol. The molecule has 8 nitrogen and oxygen atoms in total. The summed E-state index contributed by atoms with van der Waals surface area (Å²) in [6.07, 6.45) is 0.948. The van der Waals surface area contributed by atoms with Crippen molar-refractivity contribution in [3.63, 3.8) is 0 Å². The molecule has 2 aromatic carbocycles. The molecule has 210 valence electrons. The summed E-state index contributed by atoms with van der Waals surface area (Å²) in [5.74, 6) is -1.08. The van der Waals surface area contributed by atoms with Crippen molar-refractivity contribution in [1.29, 1.82) is 0 Å². The van der Waals surface area contributed by atoms with E-state index in [1.54, 1.807) is 18.5 Å². The SMILES string of the molecule is CCCN1CC(C)(C)CN(Cc2cc([C@@H](c3ccc4c(nnn4C)c3C)C(C)(C)C(=O)O)ccc2C)CC1=O. The zero-order valence-corrected chi connectivity index (χ0v) is 24.7. The third kappa shape index (κ3) is 5.71. The molecule has 2 heterocycles. The van der Waals surface area contributed by atoms with Crippen LogP contribution in [0.3, 0.4) is 0 Å². The molecule has 0 radical (unpaired) electrons.